The number of hydrogen-bond donors (Lipinski definition) is 1. The molecule has 2 heterocycles. The zero-order valence-corrected chi connectivity index (χ0v) is 8.35. The molecular formula is C10H19FN2. The molecular weight excluding hydrogens is 167 g/mol. The van der Waals surface area contributed by atoms with E-state index in [1.807, 2.05) is 7.05 Å². The summed E-state index contributed by atoms with van der Waals surface area (Å²) in [5.74, 6) is 0. The zero-order chi connectivity index (χ0) is 9.31. The number of likely N-dealkylation sites (tertiary alicyclic amines) is 1. The van der Waals surface area contributed by atoms with Crippen molar-refractivity contribution in [1.82, 2.24) is 10.2 Å². The fourth-order valence-corrected chi connectivity index (χ4v) is 2.62. The smallest absolute Gasteiger partial charge is 0.118 e. The van der Waals surface area contributed by atoms with Gasteiger partial charge in [0.2, 0.25) is 0 Å². The van der Waals surface area contributed by atoms with Crippen LogP contribution in [0.25, 0.3) is 0 Å². The molecule has 1 unspecified atom stereocenters. The number of nitrogens with zero attached hydrogens (tertiary/aromatic N) is 1. The van der Waals surface area contributed by atoms with E-state index in [2.05, 4.69) is 10.2 Å². The van der Waals surface area contributed by atoms with Gasteiger partial charge in [0, 0.05) is 12.0 Å². The van der Waals surface area contributed by atoms with E-state index < -0.39 is 6.17 Å². The molecule has 76 valence electrons. The maximum absolute atomic E-state index is 13.9. The first kappa shape index (κ1) is 9.41. The Balaban J connectivity index is 2.03. The average molecular weight is 186 g/mol. The summed E-state index contributed by atoms with van der Waals surface area (Å²) in [5.41, 5.74) is 0.0256. The van der Waals surface area contributed by atoms with Gasteiger partial charge in [0.1, 0.15) is 6.17 Å². The number of rotatable bonds is 0. The summed E-state index contributed by atoms with van der Waals surface area (Å²) in [5, 5.41) is 3.31. The minimum Gasteiger partial charge on any atom is -0.317 e. The average Bonchev–Trinajstić information content (AvgIpc) is 2.14. The summed E-state index contributed by atoms with van der Waals surface area (Å²) in [6, 6.07) is 0. The Kier molecular flexibility index (Phi) is 2.56. The van der Waals surface area contributed by atoms with Gasteiger partial charge in [-0.3, -0.25) is 0 Å². The van der Waals surface area contributed by atoms with Crippen molar-refractivity contribution >= 4 is 0 Å². The molecule has 2 aliphatic heterocycles. The van der Waals surface area contributed by atoms with E-state index in [1.165, 1.54) is 0 Å². The number of halogens is 1. The molecule has 0 bridgehead atoms. The highest BCUT2D eigenvalue weighted by Gasteiger charge is 2.43. The zero-order valence-electron chi connectivity index (χ0n) is 8.35. The Morgan fingerprint density at radius 1 is 1.31 bits per heavy atom. The molecule has 0 amide bonds. The van der Waals surface area contributed by atoms with Gasteiger partial charge < -0.3 is 10.2 Å². The lowest BCUT2D eigenvalue weighted by Gasteiger charge is -2.45. The van der Waals surface area contributed by atoms with Crippen molar-refractivity contribution < 1.29 is 4.39 Å². The molecule has 3 heteroatoms. The Labute approximate surface area is 79.5 Å². The highest BCUT2D eigenvalue weighted by molar-refractivity contribution is 4.95. The highest BCUT2D eigenvalue weighted by Crippen LogP contribution is 2.40. The third-order valence-corrected chi connectivity index (χ3v) is 3.73. The van der Waals surface area contributed by atoms with E-state index in [0.717, 1.165) is 38.9 Å². The van der Waals surface area contributed by atoms with Crippen molar-refractivity contribution in [1.29, 1.82) is 0 Å². The number of hydrogen-bond acceptors (Lipinski definition) is 2. The number of piperidine rings is 2. The normalized spacial score (nSPS) is 35.1. The summed E-state index contributed by atoms with van der Waals surface area (Å²) >= 11 is 0. The molecule has 1 atom stereocenters. The molecule has 0 radical (unpaired) electrons. The summed E-state index contributed by atoms with van der Waals surface area (Å²) < 4.78 is 13.9. The van der Waals surface area contributed by atoms with Gasteiger partial charge in [-0.2, -0.15) is 0 Å². The van der Waals surface area contributed by atoms with Crippen LogP contribution in [0, 0.1) is 5.41 Å². The van der Waals surface area contributed by atoms with Gasteiger partial charge in [0.25, 0.3) is 0 Å². The van der Waals surface area contributed by atoms with Crippen LogP contribution in [-0.2, 0) is 0 Å². The lowest BCUT2D eigenvalue weighted by atomic mass is 9.70. The van der Waals surface area contributed by atoms with Gasteiger partial charge in [-0.1, -0.05) is 0 Å². The molecule has 2 aliphatic rings. The van der Waals surface area contributed by atoms with Crippen LogP contribution in [-0.4, -0.2) is 44.3 Å². The van der Waals surface area contributed by atoms with Crippen LogP contribution in [0.1, 0.15) is 19.3 Å². The molecule has 0 saturated carbocycles. The standard InChI is InChI=1S/C10H19FN2/c1-13-7-4-10(9(11)8-13)2-5-12-6-3-10/h9,12H,2-8H2,1H3. The van der Waals surface area contributed by atoms with Crippen molar-refractivity contribution in [3.05, 3.63) is 0 Å². The quantitative estimate of drug-likeness (QED) is 0.608. The first-order chi connectivity index (χ1) is 6.23. The molecule has 0 aromatic heterocycles. The Hall–Kier alpha value is -0.150. The molecule has 2 saturated heterocycles. The number of nitrogens with one attached hydrogen (secondary N) is 1. The molecule has 1 spiro atoms. The molecule has 13 heavy (non-hydrogen) atoms. The topological polar surface area (TPSA) is 15.3 Å². The molecule has 0 aromatic carbocycles. The predicted octanol–water partition coefficient (Wildman–Crippen LogP) is 1.03. The van der Waals surface area contributed by atoms with Crippen molar-refractivity contribution in [3.63, 3.8) is 0 Å². The molecule has 0 aromatic rings. The van der Waals surface area contributed by atoms with Gasteiger partial charge >= 0.3 is 0 Å². The third-order valence-electron chi connectivity index (χ3n) is 3.73. The molecule has 2 fully saturated rings. The van der Waals surface area contributed by atoms with Crippen LogP contribution in [0.15, 0.2) is 0 Å². The molecule has 2 rings (SSSR count). The van der Waals surface area contributed by atoms with Gasteiger partial charge in [-0.25, -0.2) is 4.39 Å². The minimum atomic E-state index is -0.603. The van der Waals surface area contributed by atoms with Crippen molar-refractivity contribution in [2.24, 2.45) is 5.41 Å². The Bertz CT molecular complexity index is 178. The summed E-state index contributed by atoms with van der Waals surface area (Å²) in [4.78, 5) is 2.11. The summed E-state index contributed by atoms with van der Waals surface area (Å²) in [7, 11) is 2.01. The van der Waals surface area contributed by atoms with E-state index in [-0.39, 0.29) is 5.41 Å². The first-order valence-electron chi connectivity index (χ1n) is 5.26. The fraction of sp³-hybridized carbons (Fsp3) is 1.00. The first-order valence-corrected chi connectivity index (χ1v) is 5.26. The van der Waals surface area contributed by atoms with Crippen LogP contribution in [0.3, 0.4) is 0 Å². The Morgan fingerprint density at radius 2 is 2.00 bits per heavy atom. The summed E-state index contributed by atoms with van der Waals surface area (Å²) in [6.45, 7) is 3.72. The van der Waals surface area contributed by atoms with Crippen LogP contribution in [0.4, 0.5) is 4.39 Å². The van der Waals surface area contributed by atoms with Crippen LogP contribution in [0.5, 0.6) is 0 Å². The second-order valence-corrected chi connectivity index (χ2v) is 4.59. The second kappa shape index (κ2) is 3.54. The van der Waals surface area contributed by atoms with Gasteiger partial charge in [-0.05, 0) is 45.9 Å². The maximum Gasteiger partial charge on any atom is 0.118 e. The van der Waals surface area contributed by atoms with Crippen LogP contribution in [0.2, 0.25) is 0 Å². The predicted molar refractivity (Wildman–Crippen MR) is 51.5 cm³/mol. The van der Waals surface area contributed by atoms with E-state index >= 15 is 0 Å². The largest absolute Gasteiger partial charge is 0.317 e. The molecule has 2 nitrogen and oxygen atoms in total. The van der Waals surface area contributed by atoms with Crippen molar-refractivity contribution in [2.45, 2.75) is 25.4 Å². The van der Waals surface area contributed by atoms with Crippen LogP contribution >= 0.6 is 0 Å². The third kappa shape index (κ3) is 1.72. The van der Waals surface area contributed by atoms with Crippen molar-refractivity contribution in [2.75, 3.05) is 33.2 Å². The van der Waals surface area contributed by atoms with Crippen LogP contribution < -0.4 is 5.32 Å². The monoisotopic (exact) mass is 186 g/mol. The maximum atomic E-state index is 13.9. The van der Waals surface area contributed by atoms with Gasteiger partial charge in [-0.15, -0.1) is 0 Å². The molecule has 0 aliphatic carbocycles. The van der Waals surface area contributed by atoms with Gasteiger partial charge in [0.15, 0.2) is 0 Å². The lowest BCUT2D eigenvalue weighted by molar-refractivity contribution is -0.00555. The number of alkyl halides is 1. The fourth-order valence-electron chi connectivity index (χ4n) is 2.62. The van der Waals surface area contributed by atoms with E-state index in [0.29, 0.717) is 6.54 Å². The SMILES string of the molecule is CN1CCC2(CCNCC2)C(F)C1. The second-order valence-electron chi connectivity index (χ2n) is 4.59. The molecule has 1 N–H and O–H groups in total. The van der Waals surface area contributed by atoms with E-state index in [9.17, 15) is 4.39 Å². The minimum absolute atomic E-state index is 0.0256. The van der Waals surface area contributed by atoms with E-state index in [1.54, 1.807) is 0 Å². The summed E-state index contributed by atoms with van der Waals surface area (Å²) in [6.07, 6.45) is 2.50. The Morgan fingerprint density at radius 3 is 2.62 bits per heavy atom. The lowest BCUT2D eigenvalue weighted by Crippen LogP contribution is -2.51. The highest BCUT2D eigenvalue weighted by atomic mass is 19.1. The van der Waals surface area contributed by atoms with E-state index in [4.69, 9.17) is 0 Å². The van der Waals surface area contributed by atoms with Crippen molar-refractivity contribution in [3.8, 4) is 0 Å². The van der Waals surface area contributed by atoms with Gasteiger partial charge in [0.05, 0.1) is 0 Å².